The lowest BCUT2D eigenvalue weighted by Crippen LogP contribution is -2.53. The molecule has 2 fully saturated rings. The third-order valence-electron chi connectivity index (χ3n) is 4.27. The van der Waals surface area contributed by atoms with Crippen LogP contribution in [0.15, 0.2) is 0 Å². The van der Waals surface area contributed by atoms with Gasteiger partial charge in [-0.2, -0.15) is 0 Å². The fraction of sp³-hybridized carbons (Fsp3) is 1.00. The van der Waals surface area contributed by atoms with Gasteiger partial charge in [0.15, 0.2) is 0 Å². The summed E-state index contributed by atoms with van der Waals surface area (Å²) in [5.74, 6) is 0. The highest BCUT2D eigenvalue weighted by atomic mass is 16.5. The number of morpholine rings is 1. The Labute approximate surface area is 99.5 Å². The highest BCUT2D eigenvalue weighted by Gasteiger charge is 2.31. The first-order chi connectivity index (χ1) is 7.85. The first kappa shape index (κ1) is 12.3. The van der Waals surface area contributed by atoms with E-state index in [-0.39, 0.29) is 0 Å². The molecule has 0 aromatic rings. The van der Waals surface area contributed by atoms with Crippen LogP contribution in [-0.2, 0) is 4.74 Å². The maximum atomic E-state index is 5.59. The Morgan fingerprint density at radius 3 is 3.00 bits per heavy atom. The number of hydrogen-bond acceptors (Lipinski definition) is 3. The van der Waals surface area contributed by atoms with Crippen LogP contribution >= 0.6 is 0 Å². The second kappa shape index (κ2) is 5.99. The highest BCUT2D eigenvalue weighted by Crippen LogP contribution is 2.26. The van der Waals surface area contributed by atoms with Gasteiger partial charge in [0.05, 0.1) is 13.2 Å². The summed E-state index contributed by atoms with van der Waals surface area (Å²) in [6.45, 7) is 5.29. The molecule has 1 aliphatic heterocycles. The molecule has 1 N–H and O–H groups in total. The highest BCUT2D eigenvalue weighted by molar-refractivity contribution is 4.87. The van der Waals surface area contributed by atoms with E-state index in [0.29, 0.717) is 6.04 Å². The van der Waals surface area contributed by atoms with Crippen LogP contribution in [0.4, 0.5) is 0 Å². The minimum absolute atomic E-state index is 0.661. The van der Waals surface area contributed by atoms with Crippen LogP contribution < -0.4 is 5.32 Å². The number of nitrogens with one attached hydrogen (secondary N) is 1. The molecule has 1 aliphatic carbocycles. The number of rotatable bonds is 3. The Hall–Kier alpha value is -0.120. The van der Waals surface area contributed by atoms with Crippen molar-refractivity contribution in [3.63, 3.8) is 0 Å². The van der Waals surface area contributed by atoms with Gasteiger partial charge in [-0.05, 0) is 32.7 Å². The van der Waals surface area contributed by atoms with Gasteiger partial charge in [-0.15, -0.1) is 0 Å². The van der Waals surface area contributed by atoms with Crippen molar-refractivity contribution in [2.75, 3.05) is 26.8 Å². The van der Waals surface area contributed by atoms with Crippen molar-refractivity contribution < 1.29 is 4.74 Å². The molecular formula is C13H26N2O. The fourth-order valence-electron chi connectivity index (χ4n) is 3.23. The van der Waals surface area contributed by atoms with E-state index < -0.39 is 0 Å². The summed E-state index contributed by atoms with van der Waals surface area (Å²) < 4.78 is 5.59. The van der Waals surface area contributed by atoms with Gasteiger partial charge < -0.3 is 10.1 Å². The van der Waals surface area contributed by atoms with Crippen LogP contribution in [0, 0.1) is 0 Å². The van der Waals surface area contributed by atoms with Crippen LogP contribution in [0.25, 0.3) is 0 Å². The van der Waals surface area contributed by atoms with E-state index in [2.05, 4.69) is 24.2 Å². The largest absolute Gasteiger partial charge is 0.378 e. The summed E-state index contributed by atoms with van der Waals surface area (Å²) in [4.78, 5) is 2.72. The molecule has 1 saturated heterocycles. The minimum atomic E-state index is 0.661. The Balaban J connectivity index is 1.93. The fourth-order valence-corrected chi connectivity index (χ4v) is 3.23. The van der Waals surface area contributed by atoms with Crippen molar-refractivity contribution in [1.82, 2.24) is 10.2 Å². The smallest absolute Gasteiger partial charge is 0.0622 e. The topological polar surface area (TPSA) is 24.5 Å². The molecule has 3 nitrogen and oxygen atoms in total. The van der Waals surface area contributed by atoms with Gasteiger partial charge in [-0.3, -0.25) is 4.90 Å². The van der Waals surface area contributed by atoms with E-state index in [1.54, 1.807) is 0 Å². The van der Waals surface area contributed by atoms with Gasteiger partial charge in [0.1, 0.15) is 0 Å². The Morgan fingerprint density at radius 1 is 1.38 bits per heavy atom. The summed E-state index contributed by atoms with van der Waals surface area (Å²) in [5, 5.41) is 3.45. The van der Waals surface area contributed by atoms with Crippen molar-refractivity contribution in [2.24, 2.45) is 0 Å². The molecule has 3 unspecified atom stereocenters. The molecule has 1 heterocycles. The molecule has 16 heavy (non-hydrogen) atoms. The van der Waals surface area contributed by atoms with Crippen LogP contribution in [0.5, 0.6) is 0 Å². The predicted octanol–water partition coefficient (Wildman–Crippen LogP) is 1.63. The Morgan fingerprint density at radius 2 is 2.25 bits per heavy atom. The van der Waals surface area contributed by atoms with Crippen LogP contribution in [0.2, 0.25) is 0 Å². The summed E-state index contributed by atoms with van der Waals surface area (Å²) in [5.41, 5.74) is 0. The lowest BCUT2D eigenvalue weighted by molar-refractivity contribution is -0.0392. The zero-order chi connectivity index (χ0) is 11.4. The Kier molecular flexibility index (Phi) is 4.62. The van der Waals surface area contributed by atoms with Gasteiger partial charge >= 0.3 is 0 Å². The minimum Gasteiger partial charge on any atom is -0.378 e. The molecule has 0 radical (unpaired) electrons. The molecule has 3 heteroatoms. The summed E-state index contributed by atoms with van der Waals surface area (Å²) >= 11 is 0. The summed E-state index contributed by atoms with van der Waals surface area (Å²) in [7, 11) is 2.10. The average Bonchev–Trinajstić information content (AvgIpc) is 2.38. The predicted molar refractivity (Wildman–Crippen MR) is 66.7 cm³/mol. The quantitative estimate of drug-likeness (QED) is 0.791. The van der Waals surface area contributed by atoms with Gasteiger partial charge in [-0.1, -0.05) is 13.3 Å². The first-order valence-electron chi connectivity index (χ1n) is 6.86. The molecule has 2 rings (SSSR count). The van der Waals surface area contributed by atoms with Gasteiger partial charge in [0.25, 0.3) is 0 Å². The zero-order valence-electron chi connectivity index (χ0n) is 10.7. The molecule has 0 bridgehead atoms. The Bertz CT molecular complexity index is 210. The molecule has 0 aromatic carbocycles. The average molecular weight is 226 g/mol. The standard InChI is InChI=1S/C13H26N2O/c1-3-12-10-16-8-7-15(12)13-6-4-5-11(9-13)14-2/h11-14H,3-10H2,1-2H3. The molecule has 3 atom stereocenters. The molecule has 0 aromatic heterocycles. The van der Waals surface area contributed by atoms with Crippen molar-refractivity contribution in [2.45, 2.75) is 57.2 Å². The zero-order valence-corrected chi connectivity index (χ0v) is 10.7. The van der Waals surface area contributed by atoms with Gasteiger partial charge in [-0.25, -0.2) is 0 Å². The van der Waals surface area contributed by atoms with Crippen LogP contribution in [-0.4, -0.2) is 49.8 Å². The molecular weight excluding hydrogens is 200 g/mol. The molecule has 0 spiro atoms. The van der Waals surface area contributed by atoms with Crippen molar-refractivity contribution in [3.8, 4) is 0 Å². The molecule has 0 amide bonds. The molecule has 2 aliphatic rings. The van der Waals surface area contributed by atoms with Crippen LogP contribution in [0.3, 0.4) is 0 Å². The van der Waals surface area contributed by atoms with Crippen molar-refractivity contribution in [3.05, 3.63) is 0 Å². The van der Waals surface area contributed by atoms with E-state index >= 15 is 0 Å². The molecule has 1 saturated carbocycles. The second-order valence-corrected chi connectivity index (χ2v) is 5.18. The maximum absolute atomic E-state index is 5.59. The number of ether oxygens (including phenoxy) is 1. The normalized spacial score (nSPS) is 37.5. The SMILES string of the molecule is CCC1COCCN1C1CCCC(NC)C1. The van der Waals surface area contributed by atoms with E-state index in [9.17, 15) is 0 Å². The van der Waals surface area contributed by atoms with Crippen molar-refractivity contribution in [1.29, 1.82) is 0 Å². The third-order valence-corrected chi connectivity index (χ3v) is 4.27. The monoisotopic (exact) mass is 226 g/mol. The lowest BCUT2D eigenvalue weighted by Gasteiger charge is -2.44. The summed E-state index contributed by atoms with van der Waals surface area (Å²) in [6, 6.07) is 2.19. The number of nitrogens with zero attached hydrogens (tertiary/aromatic N) is 1. The second-order valence-electron chi connectivity index (χ2n) is 5.18. The van der Waals surface area contributed by atoms with Gasteiger partial charge in [0.2, 0.25) is 0 Å². The van der Waals surface area contributed by atoms with Crippen molar-refractivity contribution >= 4 is 0 Å². The van der Waals surface area contributed by atoms with E-state index in [4.69, 9.17) is 4.74 Å². The number of hydrogen-bond donors (Lipinski definition) is 1. The first-order valence-corrected chi connectivity index (χ1v) is 6.86. The summed E-state index contributed by atoms with van der Waals surface area (Å²) in [6.07, 6.45) is 6.67. The van der Waals surface area contributed by atoms with E-state index in [0.717, 1.165) is 31.8 Å². The lowest BCUT2D eigenvalue weighted by atomic mass is 9.89. The maximum Gasteiger partial charge on any atom is 0.0622 e. The van der Waals surface area contributed by atoms with E-state index in [1.165, 1.54) is 32.1 Å². The molecule has 94 valence electrons. The third kappa shape index (κ3) is 2.76. The van der Waals surface area contributed by atoms with E-state index in [1.807, 2.05) is 0 Å². The van der Waals surface area contributed by atoms with Gasteiger partial charge in [0, 0.05) is 24.7 Å². The van der Waals surface area contributed by atoms with Crippen LogP contribution in [0.1, 0.15) is 39.0 Å².